The maximum absolute atomic E-state index is 13.2. The van der Waals surface area contributed by atoms with Gasteiger partial charge in [-0.25, -0.2) is 0 Å². The molecule has 4 rings (SSSR count). The topological polar surface area (TPSA) is 101 Å². The molecule has 4 heterocycles. The summed E-state index contributed by atoms with van der Waals surface area (Å²) in [5.74, 6) is 1.15. The van der Waals surface area contributed by atoms with E-state index >= 15 is 0 Å². The van der Waals surface area contributed by atoms with E-state index in [1.807, 2.05) is 0 Å². The van der Waals surface area contributed by atoms with Gasteiger partial charge in [0.15, 0.2) is 0 Å². The molecule has 67 heavy (non-hydrogen) atoms. The molecule has 0 saturated carbocycles. The Bertz CT molecular complexity index is 1250. The minimum atomic E-state index is 0.144. The second kappa shape index (κ2) is 37.6. The van der Waals surface area contributed by atoms with Gasteiger partial charge in [0, 0.05) is 38.5 Å². The average Bonchev–Trinajstić information content (AvgIpc) is 4.14. The normalized spacial score (nSPS) is 24.2. The third-order valence-electron chi connectivity index (χ3n) is 16.0. The molecule has 0 spiro atoms. The van der Waals surface area contributed by atoms with Crippen LogP contribution < -0.4 is 0 Å². The summed E-state index contributed by atoms with van der Waals surface area (Å²) in [6.45, 7) is 6.80. The van der Waals surface area contributed by atoms with E-state index in [1.54, 1.807) is 0 Å². The lowest BCUT2D eigenvalue weighted by atomic mass is 9.88. The van der Waals surface area contributed by atoms with Crippen molar-refractivity contribution in [3.8, 4) is 0 Å². The maximum atomic E-state index is 13.2. The Morgan fingerprint density at radius 2 is 0.537 bits per heavy atom. The zero-order valence-electron chi connectivity index (χ0n) is 44.4. The number of carbonyl (C=O) groups excluding carboxylic acids is 3. The van der Waals surface area contributed by atoms with Gasteiger partial charge >= 0.3 is 0 Å². The Labute approximate surface area is 413 Å². The van der Waals surface area contributed by atoms with E-state index in [0.717, 1.165) is 64.2 Å². The predicted molar refractivity (Wildman–Crippen MR) is 278 cm³/mol. The van der Waals surface area contributed by atoms with Crippen LogP contribution in [0.5, 0.6) is 0 Å². The SMILES string of the molecule is CCCCCCCCC1OC1CCCCCCCC(=O)CCC(CCC(=O)CCCCCCCC1OC1CCC1OC1CCCC)CC(=O)CCCCCCCC1OC1CCCCCCCC. The molecule has 4 aliphatic heterocycles. The molecule has 7 nitrogen and oxygen atoms in total. The van der Waals surface area contributed by atoms with Gasteiger partial charge in [-0.15, -0.1) is 0 Å². The molecule has 390 valence electrons. The van der Waals surface area contributed by atoms with Crippen molar-refractivity contribution in [2.75, 3.05) is 0 Å². The lowest BCUT2D eigenvalue weighted by Gasteiger charge is -2.16. The van der Waals surface area contributed by atoms with Gasteiger partial charge in [-0.3, -0.25) is 14.4 Å². The van der Waals surface area contributed by atoms with Gasteiger partial charge in [-0.2, -0.15) is 0 Å². The molecule has 0 aliphatic carbocycles. The first-order valence-corrected chi connectivity index (χ1v) is 30.1. The van der Waals surface area contributed by atoms with Crippen LogP contribution in [-0.4, -0.2) is 66.2 Å². The molecule has 0 radical (unpaired) electrons. The molecule has 7 heteroatoms. The van der Waals surface area contributed by atoms with Gasteiger partial charge in [-0.05, 0) is 89.4 Å². The first-order chi connectivity index (χ1) is 32.9. The van der Waals surface area contributed by atoms with E-state index in [4.69, 9.17) is 18.9 Å². The highest BCUT2D eigenvalue weighted by molar-refractivity contribution is 5.80. The largest absolute Gasteiger partial charge is 0.370 e. The van der Waals surface area contributed by atoms with Crippen LogP contribution in [0.15, 0.2) is 0 Å². The number of epoxide rings is 4. The van der Waals surface area contributed by atoms with Crippen molar-refractivity contribution in [3.63, 3.8) is 0 Å². The molecule has 0 aromatic heterocycles. The van der Waals surface area contributed by atoms with Gasteiger partial charge in [0.1, 0.15) is 17.3 Å². The number of hydrogen-bond donors (Lipinski definition) is 0. The van der Waals surface area contributed by atoms with Gasteiger partial charge in [0.25, 0.3) is 0 Å². The number of ether oxygens (including phenoxy) is 4. The summed E-state index contributed by atoms with van der Waals surface area (Å²) in [6.07, 6.45) is 54.6. The molecule has 9 atom stereocenters. The fourth-order valence-corrected chi connectivity index (χ4v) is 11.1. The van der Waals surface area contributed by atoms with Crippen LogP contribution >= 0.6 is 0 Å². The third kappa shape index (κ3) is 30.4. The lowest BCUT2D eigenvalue weighted by Crippen LogP contribution is -2.13. The van der Waals surface area contributed by atoms with Crippen molar-refractivity contribution in [3.05, 3.63) is 0 Å². The summed E-state index contributed by atoms with van der Waals surface area (Å²) < 4.78 is 23.7. The van der Waals surface area contributed by atoms with E-state index in [-0.39, 0.29) is 5.92 Å². The Morgan fingerprint density at radius 3 is 0.866 bits per heavy atom. The number of Topliss-reactive ketones (excluding diaryl/α,β-unsaturated/α-hetero) is 3. The zero-order chi connectivity index (χ0) is 47.6. The van der Waals surface area contributed by atoms with Crippen molar-refractivity contribution in [1.82, 2.24) is 0 Å². The molecule has 0 amide bonds. The van der Waals surface area contributed by atoms with Crippen LogP contribution in [0.25, 0.3) is 0 Å². The molecule has 0 aromatic rings. The summed E-state index contributed by atoms with van der Waals surface area (Å²) in [7, 11) is 0. The number of hydrogen-bond acceptors (Lipinski definition) is 7. The summed E-state index contributed by atoms with van der Waals surface area (Å²) in [5.41, 5.74) is 0. The van der Waals surface area contributed by atoms with Crippen molar-refractivity contribution >= 4 is 17.3 Å². The highest BCUT2D eigenvalue weighted by Gasteiger charge is 2.43. The van der Waals surface area contributed by atoms with Gasteiger partial charge in [0.2, 0.25) is 0 Å². The van der Waals surface area contributed by atoms with Gasteiger partial charge in [0.05, 0.1) is 48.8 Å². The average molecular weight is 942 g/mol. The Morgan fingerprint density at radius 1 is 0.284 bits per heavy atom. The van der Waals surface area contributed by atoms with Crippen LogP contribution in [0.4, 0.5) is 0 Å². The smallest absolute Gasteiger partial charge is 0.133 e. The van der Waals surface area contributed by atoms with E-state index < -0.39 is 0 Å². The zero-order valence-corrected chi connectivity index (χ0v) is 44.4. The summed E-state index contributed by atoms with van der Waals surface area (Å²) in [6, 6.07) is 0. The molecule has 9 unspecified atom stereocenters. The van der Waals surface area contributed by atoms with Gasteiger partial charge in [-0.1, -0.05) is 188 Å². The van der Waals surface area contributed by atoms with Crippen molar-refractivity contribution in [1.29, 1.82) is 0 Å². The fourth-order valence-electron chi connectivity index (χ4n) is 11.1. The second-order valence-electron chi connectivity index (χ2n) is 22.4. The fraction of sp³-hybridized carbons (Fsp3) is 0.950. The van der Waals surface area contributed by atoms with Crippen molar-refractivity contribution < 1.29 is 33.3 Å². The second-order valence-corrected chi connectivity index (χ2v) is 22.4. The minimum Gasteiger partial charge on any atom is -0.370 e. The Kier molecular flexibility index (Phi) is 32.8. The first kappa shape index (κ1) is 58.4. The molecular weight excluding hydrogens is 833 g/mol. The lowest BCUT2D eigenvalue weighted by molar-refractivity contribution is -0.122. The maximum Gasteiger partial charge on any atom is 0.133 e. The number of ketones is 3. The number of rotatable bonds is 52. The summed E-state index contributed by atoms with van der Waals surface area (Å²) >= 11 is 0. The molecule has 0 bridgehead atoms. The molecular formula is C60H108O7. The number of carbonyl (C=O) groups is 3. The van der Waals surface area contributed by atoms with Crippen LogP contribution in [0.1, 0.15) is 310 Å². The minimum absolute atomic E-state index is 0.144. The molecule has 4 fully saturated rings. The number of unbranched alkanes of at least 4 members (excludes halogenated alkanes) is 23. The first-order valence-electron chi connectivity index (χ1n) is 30.1. The Balaban J connectivity index is 1.00. The predicted octanol–water partition coefficient (Wildman–Crippen LogP) is 17.0. The van der Waals surface area contributed by atoms with Crippen LogP contribution in [0.2, 0.25) is 0 Å². The van der Waals surface area contributed by atoms with Gasteiger partial charge < -0.3 is 18.9 Å². The molecule has 4 saturated heterocycles. The molecule has 4 aliphatic rings. The highest BCUT2D eigenvalue weighted by atomic mass is 16.6. The van der Waals surface area contributed by atoms with E-state index in [9.17, 15) is 14.4 Å². The molecule has 0 aromatic carbocycles. The standard InChI is InChI=1S/C60H108O7/c1-4-7-10-12-20-28-37-54-56(64-54)39-30-22-14-17-25-33-50(61)44-42-49(48-52(63)35-27-19-16-24-31-40-57-55(65-57)38-29-21-13-11-8-5-2)43-45-51(62)34-26-18-15-23-32-41-58-60(67-58)47-46-59-53(66-59)36-9-6-3/h49,53-60H,4-48H2,1-3H3. The van der Waals surface area contributed by atoms with Crippen LogP contribution in [0, 0.1) is 5.92 Å². The summed E-state index contributed by atoms with van der Waals surface area (Å²) in [4.78, 5) is 39.3. The quantitative estimate of drug-likeness (QED) is 0.0442. The van der Waals surface area contributed by atoms with Crippen LogP contribution in [0.3, 0.4) is 0 Å². The monoisotopic (exact) mass is 941 g/mol. The van der Waals surface area contributed by atoms with E-state index in [0.29, 0.717) is 105 Å². The van der Waals surface area contributed by atoms with Crippen molar-refractivity contribution in [2.24, 2.45) is 5.92 Å². The summed E-state index contributed by atoms with van der Waals surface area (Å²) in [5, 5.41) is 0. The van der Waals surface area contributed by atoms with Crippen molar-refractivity contribution in [2.45, 2.75) is 359 Å². The third-order valence-corrected chi connectivity index (χ3v) is 16.0. The Hall–Kier alpha value is -1.15. The molecule has 0 N–H and O–H groups in total. The van der Waals surface area contributed by atoms with E-state index in [2.05, 4.69) is 20.8 Å². The van der Waals surface area contributed by atoms with Crippen LogP contribution in [-0.2, 0) is 33.3 Å². The highest BCUT2D eigenvalue weighted by Crippen LogP contribution is 2.37. The van der Waals surface area contributed by atoms with E-state index in [1.165, 1.54) is 186 Å².